The Morgan fingerprint density at radius 2 is 2.17 bits per heavy atom. The molecule has 0 saturated heterocycles. The Bertz CT molecular complexity index is 581. The van der Waals surface area contributed by atoms with Crippen molar-refractivity contribution in [2.24, 2.45) is 0 Å². The van der Waals surface area contributed by atoms with E-state index in [0.29, 0.717) is 17.4 Å². The van der Waals surface area contributed by atoms with E-state index >= 15 is 0 Å². The van der Waals surface area contributed by atoms with E-state index in [9.17, 15) is 4.79 Å². The van der Waals surface area contributed by atoms with Crippen LogP contribution in [0.2, 0.25) is 0 Å². The molecule has 0 fully saturated rings. The highest BCUT2D eigenvalue weighted by atomic mass is 16.5. The summed E-state index contributed by atoms with van der Waals surface area (Å²) in [6.07, 6.45) is 0. The van der Waals surface area contributed by atoms with E-state index in [-0.39, 0.29) is 18.2 Å². The maximum Gasteiger partial charge on any atom is 0.354 e. The zero-order valence-corrected chi connectivity index (χ0v) is 9.84. The van der Waals surface area contributed by atoms with E-state index < -0.39 is 5.97 Å². The van der Waals surface area contributed by atoms with E-state index in [1.54, 1.807) is 13.8 Å². The Morgan fingerprint density at radius 3 is 2.78 bits per heavy atom. The van der Waals surface area contributed by atoms with Crippen LogP contribution in [0.5, 0.6) is 0 Å². The zero-order valence-electron chi connectivity index (χ0n) is 9.84. The van der Waals surface area contributed by atoms with Crippen molar-refractivity contribution in [3.63, 3.8) is 0 Å². The highest BCUT2D eigenvalue weighted by molar-refractivity contribution is 5.85. The number of carboxylic acid groups (broad SMARTS) is 1. The normalized spacial score (nSPS) is 10.3. The molecule has 2 aromatic heterocycles. The van der Waals surface area contributed by atoms with Crippen LogP contribution in [0.15, 0.2) is 10.6 Å². The van der Waals surface area contributed by atoms with Crippen molar-refractivity contribution in [3.05, 3.63) is 29.2 Å². The quantitative estimate of drug-likeness (QED) is 0.817. The van der Waals surface area contributed by atoms with Crippen molar-refractivity contribution in [1.82, 2.24) is 20.1 Å². The lowest BCUT2D eigenvalue weighted by molar-refractivity contribution is 0.0690. The molecule has 8 heteroatoms. The molecule has 18 heavy (non-hydrogen) atoms. The van der Waals surface area contributed by atoms with Gasteiger partial charge in [-0.05, 0) is 13.0 Å². The van der Waals surface area contributed by atoms with Crippen molar-refractivity contribution in [1.29, 1.82) is 0 Å². The Balaban J connectivity index is 2.11. The first-order valence-corrected chi connectivity index (χ1v) is 5.16. The third kappa shape index (κ3) is 2.78. The number of rotatable bonds is 4. The second kappa shape index (κ2) is 4.78. The molecule has 0 spiro atoms. The van der Waals surface area contributed by atoms with Gasteiger partial charge in [0.05, 0.1) is 6.54 Å². The van der Waals surface area contributed by atoms with E-state index in [1.165, 1.54) is 6.07 Å². The van der Waals surface area contributed by atoms with Gasteiger partial charge in [-0.3, -0.25) is 0 Å². The molecule has 0 saturated carbocycles. The molecular formula is C10H11N5O3. The summed E-state index contributed by atoms with van der Waals surface area (Å²) < 4.78 is 4.80. The van der Waals surface area contributed by atoms with Gasteiger partial charge in [-0.15, -0.1) is 0 Å². The molecule has 8 nitrogen and oxygen atoms in total. The van der Waals surface area contributed by atoms with Crippen molar-refractivity contribution in [3.8, 4) is 0 Å². The van der Waals surface area contributed by atoms with Crippen LogP contribution in [0.4, 0.5) is 5.95 Å². The number of hydrogen-bond acceptors (Lipinski definition) is 7. The largest absolute Gasteiger partial charge is 0.477 e. The SMILES string of the molecule is Cc1cc(C(=O)O)nc(NCc2noc(C)n2)n1. The molecule has 0 aliphatic heterocycles. The van der Waals surface area contributed by atoms with Crippen LogP contribution in [-0.4, -0.2) is 31.2 Å². The smallest absolute Gasteiger partial charge is 0.354 e. The predicted molar refractivity (Wildman–Crippen MR) is 60.1 cm³/mol. The Morgan fingerprint density at radius 1 is 1.39 bits per heavy atom. The van der Waals surface area contributed by atoms with Gasteiger partial charge in [0, 0.05) is 12.6 Å². The second-order valence-electron chi connectivity index (χ2n) is 3.61. The van der Waals surface area contributed by atoms with E-state index in [4.69, 9.17) is 9.63 Å². The summed E-state index contributed by atoms with van der Waals surface area (Å²) in [6, 6.07) is 1.39. The second-order valence-corrected chi connectivity index (χ2v) is 3.61. The number of aromatic nitrogens is 4. The molecule has 2 aromatic rings. The van der Waals surface area contributed by atoms with Crippen LogP contribution in [-0.2, 0) is 6.54 Å². The fraction of sp³-hybridized carbons (Fsp3) is 0.300. The summed E-state index contributed by atoms with van der Waals surface area (Å²) in [5, 5.41) is 15.4. The van der Waals surface area contributed by atoms with Gasteiger partial charge in [0.1, 0.15) is 0 Å². The molecule has 0 aliphatic rings. The van der Waals surface area contributed by atoms with Gasteiger partial charge in [-0.1, -0.05) is 5.16 Å². The average Bonchev–Trinajstić information content (AvgIpc) is 2.72. The van der Waals surface area contributed by atoms with Gasteiger partial charge in [-0.2, -0.15) is 4.98 Å². The molecule has 0 aromatic carbocycles. The van der Waals surface area contributed by atoms with E-state index in [2.05, 4.69) is 25.4 Å². The minimum atomic E-state index is -1.10. The molecule has 0 atom stereocenters. The molecule has 2 N–H and O–H groups in total. The minimum absolute atomic E-state index is 0.0608. The van der Waals surface area contributed by atoms with Crippen molar-refractivity contribution >= 4 is 11.9 Å². The first kappa shape index (κ1) is 12.0. The summed E-state index contributed by atoms with van der Waals surface area (Å²) in [4.78, 5) is 22.7. The number of anilines is 1. The number of aromatic carboxylic acids is 1. The molecular weight excluding hydrogens is 238 g/mol. The zero-order chi connectivity index (χ0) is 13.1. The lowest BCUT2D eigenvalue weighted by Gasteiger charge is -2.04. The fourth-order valence-corrected chi connectivity index (χ4v) is 1.33. The maximum atomic E-state index is 10.8. The van der Waals surface area contributed by atoms with Crippen LogP contribution < -0.4 is 5.32 Å². The first-order chi connectivity index (χ1) is 8.54. The summed E-state index contributed by atoms with van der Waals surface area (Å²) in [7, 11) is 0. The first-order valence-electron chi connectivity index (χ1n) is 5.16. The lowest BCUT2D eigenvalue weighted by atomic mass is 10.3. The fourth-order valence-electron chi connectivity index (χ4n) is 1.33. The monoisotopic (exact) mass is 249 g/mol. The van der Waals surface area contributed by atoms with Gasteiger partial charge in [-0.25, -0.2) is 14.8 Å². The van der Waals surface area contributed by atoms with Gasteiger partial charge in [0.15, 0.2) is 11.5 Å². The summed E-state index contributed by atoms with van der Waals surface area (Å²) in [5.74, 6) is 0.0338. The van der Waals surface area contributed by atoms with E-state index in [1.807, 2.05) is 0 Å². The standard InChI is InChI=1S/C10H11N5O3/c1-5-3-7(9(16)17)14-10(12-5)11-4-8-13-6(2)18-15-8/h3H,4H2,1-2H3,(H,16,17)(H,11,12,14). The third-order valence-electron chi connectivity index (χ3n) is 2.05. The Labute approximate surface area is 102 Å². The maximum absolute atomic E-state index is 10.8. The molecule has 0 aliphatic carbocycles. The number of nitrogens with one attached hydrogen (secondary N) is 1. The van der Waals surface area contributed by atoms with Crippen LogP contribution in [0, 0.1) is 13.8 Å². The third-order valence-corrected chi connectivity index (χ3v) is 2.05. The summed E-state index contributed by atoms with van der Waals surface area (Å²) >= 11 is 0. The summed E-state index contributed by atoms with van der Waals surface area (Å²) in [6.45, 7) is 3.64. The van der Waals surface area contributed by atoms with E-state index in [0.717, 1.165) is 0 Å². The lowest BCUT2D eigenvalue weighted by Crippen LogP contribution is -2.09. The van der Waals surface area contributed by atoms with Crippen molar-refractivity contribution in [2.75, 3.05) is 5.32 Å². The highest BCUT2D eigenvalue weighted by Crippen LogP contribution is 2.06. The molecule has 0 radical (unpaired) electrons. The minimum Gasteiger partial charge on any atom is -0.477 e. The van der Waals surface area contributed by atoms with Gasteiger partial charge in [0.25, 0.3) is 0 Å². The number of carbonyl (C=O) groups is 1. The van der Waals surface area contributed by atoms with Crippen LogP contribution in [0.25, 0.3) is 0 Å². The highest BCUT2D eigenvalue weighted by Gasteiger charge is 2.09. The van der Waals surface area contributed by atoms with Crippen LogP contribution in [0.3, 0.4) is 0 Å². The number of aryl methyl sites for hydroxylation is 2. The van der Waals surface area contributed by atoms with Crippen LogP contribution >= 0.6 is 0 Å². The molecule has 0 amide bonds. The number of carboxylic acids is 1. The van der Waals surface area contributed by atoms with Crippen LogP contribution in [0.1, 0.15) is 27.9 Å². The summed E-state index contributed by atoms with van der Waals surface area (Å²) in [5.41, 5.74) is 0.503. The number of nitrogens with zero attached hydrogens (tertiary/aromatic N) is 4. The number of hydrogen-bond donors (Lipinski definition) is 2. The Kier molecular flexibility index (Phi) is 3.18. The van der Waals surface area contributed by atoms with Crippen molar-refractivity contribution < 1.29 is 14.4 Å². The van der Waals surface area contributed by atoms with Crippen molar-refractivity contribution in [2.45, 2.75) is 20.4 Å². The molecule has 94 valence electrons. The molecule has 0 bridgehead atoms. The van der Waals surface area contributed by atoms with Gasteiger partial charge >= 0.3 is 5.97 Å². The molecule has 2 rings (SSSR count). The Hall–Kier alpha value is -2.51. The van der Waals surface area contributed by atoms with Gasteiger partial charge in [0.2, 0.25) is 11.8 Å². The van der Waals surface area contributed by atoms with Gasteiger partial charge < -0.3 is 14.9 Å². The predicted octanol–water partition coefficient (Wildman–Crippen LogP) is 0.787. The topological polar surface area (TPSA) is 114 Å². The molecule has 0 unspecified atom stereocenters. The molecule has 2 heterocycles. The average molecular weight is 249 g/mol.